The number of carbonyl (C=O) groups excluding carboxylic acids is 3. The van der Waals surface area contributed by atoms with Crippen molar-refractivity contribution in [3.8, 4) is 5.75 Å². The number of anilines is 1. The van der Waals surface area contributed by atoms with Crippen LogP contribution in [0.1, 0.15) is 62.4 Å². The van der Waals surface area contributed by atoms with Gasteiger partial charge in [-0.1, -0.05) is 17.7 Å². The maximum Gasteiger partial charge on any atom is 0.407 e. The molecule has 1 aliphatic carbocycles. The lowest BCUT2D eigenvalue weighted by Crippen LogP contribution is -2.45. The molecule has 0 bridgehead atoms. The third kappa shape index (κ3) is 8.12. The Bertz CT molecular complexity index is 1080. The van der Waals surface area contributed by atoms with Gasteiger partial charge in [-0.05, 0) is 70.7 Å². The average molecular weight is 517 g/mol. The van der Waals surface area contributed by atoms with Crippen molar-refractivity contribution in [1.82, 2.24) is 15.6 Å². The monoisotopic (exact) mass is 516 g/mol. The fourth-order valence-corrected chi connectivity index (χ4v) is 4.18. The topological polar surface area (TPSA) is 119 Å². The quantitative estimate of drug-likeness (QED) is 0.499. The molecule has 9 nitrogen and oxygen atoms in total. The van der Waals surface area contributed by atoms with Crippen LogP contribution in [-0.4, -0.2) is 47.7 Å². The molecule has 1 aromatic carbocycles. The molecule has 1 heterocycles. The molecule has 3 rings (SSSR count). The minimum Gasteiger partial charge on any atom is -0.496 e. The molecule has 0 spiro atoms. The summed E-state index contributed by atoms with van der Waals surface area (Å²) in [5.41, 5.74) is 0.318. The van der Waals surface area contributed by atoms with Gasteiger partial charge in [-0.25, -0.2) is 9.78 Å². The van der Waals surface area contributed by atoms with E-state index in [0.717, 1.165) is 12.8 Å². The van der Waals surface area contributed by atoms with Crippen molar-refractivity contribution in [1.29, 1.82) is 0 Å². The van der Waals surface area contributed by atoms with Crippen molar-refractivity contribution in [3.05, 3.63) is 52.7 Å². The molecule has 0 aliphatic heterocycles. The summed E-state index contributed by atoms with van der Waals surface area (Å²) in [7, 11) is 1.50. The van der Waals surface area contributed by atoms with Gasteiger partial charge in [-0.3, -0.25) is 9.59 Å². The highest BCUT2D eigenvalue weighted by atomic mass is 35.5. The maximum absolute atomic E-state index is 13.2. The average Bonchev–Trinajstić information content (AvgIpc) is 2.80. The lowest BCUT2D eigenvalue weighted by Gasteiger charge is -2.30. The zero-order valence-electron chi connectivity index (χ0n) is 21.0. The Hall–Kier alpha value is -3.33. The summed E-state index contributed by atoms with van der Waals surface area (Å²) < 4.78 is 10.8. The minimum atomic E-state index is -0.550. The van der Waals surface area contributed by atoms with Crippen LogP contribution in [0.4, 0.5) is 10.6 Å². The second-order valence-electron chi connectivity index (χ2n) is 9.74. The first kappa shape index (κ1) is 27.3. The van der Waals surface area contributed by atoms with Crippen LogP contribution in [0.15, 0.2) is 36.5 Å². The van der Waals surface area contributed by atoms with E-state index in [0.29, 0.717) is 40.6 Å². The number of halogens is 1. The van der Waals surface area contributed by atoms with E-state index >= 15 is 0 Å². The van der Waals surface area contributed by atoms with E-state index < -0.39 is 11.7 Å². The largest absolute Gasteiger partial charge is 0.496 e. The zero-order valence-corrected chi connectivity index (χ0v) is 21.8. The summed E-state index contributed by atoms with van der Waals surface area (Å²) in [6.07, 6.45) is 3.84. The highest BCUT2D eigenvalue weighted by Gasteiger charge is 2.27. The number of pyridine rings is 1. The fraction of sp³-hybridized carbons (Fsp3) is 0.462. The minimum absolute atomic E-state index is 0.00514. The molecular formula is C26H33ClN4O5. The number of aromatic nitrogens is 1. The van der Waals surface area contributed by atoms with Crippen LogP contribution < -0.4 is 20.7 Å². The first-order chi connectivity index (χ1) is 17.0. The number of carbonyl (C=O) groups is 3. The van der Waals surface area contributed by atoms with Gasteiger partial charge in [0, 0.05) is 29.4 Å². The Kier molecular flexibility index (Phi) is 9.14. The molecule has 36 heavy (non-hydrogen) atoms. The number of nitrogens with zero attached hydrogens (tertiary/aromatic N) is 1. The Morgan fingerprint density at radius 3 is 2.28 bits per heavy atom. The molecule has 1 aliphatic rings. The normalized spacial score (nSPS) is 17.6. The van der Waals surface area contributed by atoms with Gasteiger partial charge in [0.05, 0.1) is 18.6 Å². The van der Waals surface area contributed by atoms with Crippen LogP contribution >= 0.6 is 11.6 Å². The van der Waals surface area contributed by atoms with Crippen LogP contribution in [0.3, 0.4) is 0 Å². The van der Waals surface area contributed by atoms with Gasteiger partial charge in [0.2, 0.25) is 5.91 Å². The summed E-state index contributed by atoms with van der Waals surface area (Å²) in [5, 5.41) is 9.15. The molecule has 0 atom stereocenters. The number of benzene rings is 1. The molecule has 194 valence electrons. The van der Waals surface area contributed by atoms with Gasteiger partial charge in [0.1, 0.15) is 17.2 Å². The van der Waals surface area contributed by atoms with Crippen LogP contribution in [0.5, 0.6) is 5.75 Å². The van der Waals surface area contributed by atoms with Crippen molar-refractivity contribution >= 4 is 35.3 Å². The summed E-state index contributed by atoms with van der Waals surface area (Å²) >= 11 is 5.85. The number of hydrogen-bond donors (Lipinski definition) is 3. The van der Waals surface area contributed by atoms with Gasteiger partial charge < -0.3 is 25.4 Å². The summed E-state index contributed by atoms with van der Waals surface area (Å²) in [4.78, 5) is 42.0. The van der Waals surface area contributed by atoms with E-state index in [1.165, 1.54) is 13.3 Å². The molecular weight excluding hydrogens is 484 g/mol. The molecule has 2 aromatic rings. The molecule has 10 heteroatoms. The van der Waals surface area contributed by atoms with Crippen molar-refractivity contribution in [2.45, 2.75) is 70.6 Å². The summed E-state index contributed by atoms with van der Waals surface area (Å²) in [6.45, 7) is 5.47. The van der Waals surface area contributed by atoms with Crippen LogP contribution in [-0.2, 0) is 16.0 Å². The van der Waals surface area contributed by atoms with Gasteiger partial charge in [0.15, 0.2) is 0 Å². The first-order valence-corrected chi connectivity index (χ1v) is 12.3. The first-order valence-electron chi connectivity index (χ1n) is 11.9. The number of rotatable bonds is 7. The van der Waals surface area contributed by atoms with Crippen molar-refractivity contribution in [2.24, 2.45) is 0 Å². The van der Waals surface area contributed by atoms with Crippen LogP contribution in [0.2, 0.25) is 5.02 Å². The standard InChI is InChI=1S/C26H33ClN4O5/c1-26(2,3)36-25(34)30-18-11-9-17(10-12-18)29-24(33)19-6-5-7-21(35-4)20(19)14-23(32)31-22-13-8-16(27)15-28-22/h5-8,13,15,17-18H,9-12,14H2,1-4H3,(H,29,33)(H,30,34)(H,28,31,32). The van der Waals surface area contributed by atoms with Gasteiger partial charge >= 0.3 is 6.09 Å². The summed E-state index contributed by atoms with van der Waals surface area (Å²) in [5.74, 6) is 0.205. The maximum atomic E-state index is 13.2. The number of hydrogen-bond acceptors (Lipinski definition) is 6. The Morgan fingerprint density at radius 2 is 1.69 bits per heavy atom. The SMILES string of the molecule is COc1cccc(C(=O)NC2CCC(NC(=O)OC(C)(C)C)CC2)c1CC(=O)Nc1ccc(Cl)cn1. The van der Waals surface area contributed by atoms with E-state index in [9.17, 15) is 14.4 Å². The molecule has 0 radical (unpaired) electrons. The summed E-state index contributed by atoms with van der Waals surface area (Å²) in [6, 6.07) is 8.31. The number of amides is 3. The number of nitrogens with one attached hydrogen (secondary N) is 3. The zero-order chi connectivity index (χ0) is 26.3. The van der Waals surface area contributed by atoms with Gasteiger partial charge in [0.25, 0.3) is 5.91 Å². The van der Waals surface area contributed by atoms with Crippen LogP contribution in [0, 0.1) is 0 Å². The highest BCUT2D eigenvalue weighted by Crippen LogP contribution is 2.25. The number of alkyl carbamates (subject to hydrolysis) is 1. The fourth-order valence-electron chi connectivity index (χ4n) is 4.07. The Morgan fingerprint density at radius 1 is 1.03 bits per heavy atom. The lowest BCUT2D eigenvalue weighted by molar-refractivity contribution is -0.115. The predicted molar refractivity (Wildman–Crippen MR) is 137 cm³/mol. The molecule has 0 saturated heterocycles. The predicted octanol–water partition coefficient (Wildman–Crippen LogP) is 4.49. The highest BCUT2D eigenvalue weighted by molar-refractivity contribution is 6.30. The van der Waals surface area contributed by atoms with Gasteiger partial charge in [-0.2, -0.15) is 0 Å². The van der Waals surface area contributed by atoms with E-state index in [1.54, 1.807) is 30.3 Å². The van der Waals surface area contributed by atoms with E-state index in [4.69, 9.17) is 21.1 Å². The third-order valence-electron chi connectivity index (χ3n) is 5.71. The van der Waals surface area contributed by atoms with E-state index in [2.05, 4.69) is 20.9 Å². The van der Waals surface area contributed by atoms with Gasteiger partial charge in [-0.15, -0.1) is 0 Å². The molecule has 1 saturated carbocycles. The smallest absolute Gasteiger partial charge is 0.407 e. The van der Waals surface area contributed by atoms with Crippen molar-refractivity contribution in [2.75, 3.05) is 12.4 Å². The second kappa shape index (κ2) is 12.1. The second-order valence-corrected chi connectivity index (χ2v) is 10.2. The molecule has 3 amide bonds. The Balaban J connectivity index is 1.60. The molecule has 1 fully saturated rings. The van der Waals surface area contributed by atoms with E-state index in [-0.39, 0.29) is 30.3 Å². The molecule has 0 unspecified atom stereocenters. The third-order valence-corrected chi connectivity index (χ3v) is 5.94. The lowest BCUT2D eigenvalue weighted by atomic mass is 9.91. The molecule has 1 aromatic heterocycles. The number of ether oxygens (including phenoxy) is 2. The molecule has 3 N–H and O–H groups in total. The van der Waals surface area contributed by atoms with E-state index in [1.807, 2.05) is 20.8 Å². The number of methoxy groups -OCH3 is 1. The van der Waals surface area contributed by atoms with Crippen molar-refractivity contribution < 1.29 is 23.9 Å². The van der Waals surface area contributed by atoms with Crippen molar-refractivity contribution in [3.63, 3.8) is 0 Å². The Labute approximate surface area is 216 Å². The van der Waals surface area contributed by atoms with Crippen LogP contribution in [0.25, 0.3) is 0 Å².